The normalized spacial score (nSPS) is 31.2. The van der Waals surface area contributed by atoms with Crippen molar-refractivity contribution in [2.24, 2.45) is 22.7 Å². The Bertz CT molecular complexity index is 954. The van der Waals surface area contributed by atoms with Gasteiger partial charge in [0.15, 0.2) is 0 Å². The molecule has 3 fully saturated rings. The molecule has 0 aromatic carbocycles. The minimum atomic E-state index is -3.91. The summed E-state index contributed by atoms with van der Waals surface area (Å²) in [6, 6.07) is -2.14. The molecule has 0 aromatic rings. The van der Waals surface area contributed by atoms with E-state index < -0.39 is 57.0 Å². The summed E-state index contributed by atoms with van der Waals surface area (Å²) in [6.07, 6.45) is 2.25. The third-order valence-corrected chi connectivity index (χ3v) is 9.74. The Kier molecular flexibility index (Phi) is 6.22. The zero-order valence-electron chi connectivity index (χ0n) is 20.4. The van der Waals surface area contributed by atoms with Crippen LogP contribution in [0.3, 0.4) is 0 Å². The smallest absolute Gasteiger partial charge is 0.408 e. The number of ether oxygens (including phenoxy) is 1. The Hall–Kier alpha value is -1.71. The van der Waals surface area contributed by atoms with Gasteiger partial charge < -0.3 is 10.1 Å². The molecule has 1 saturated heterocycles. The zero-order valence-corrected chi connectivity index (χ0v) is 21.3. The summed E-state index contributed by atoms with van der Waals surface area (Å²) < 4.78 is 61.9. The summed E-state index contributed by atoms with van der Waals surface area (Å²) in [4.78, 5) is 25.0. The predicted octanol–water partition coefficient (Wildman–Crippen LogP) is 4.09. The average Bonchev–Trinajstić information content (AvgIpc) is 3.10. The number of sulfonamides is 1. The second-order valence-electron chi connectivity index (χ2n) is 11.6. The molecule has 0 radical (unpaired) electrons. The van der Waals surface area contributed by atoms with Gasteiger partial charge in [0.2, 0.25) is 10.0 Å². The van der Waals surface area contributed by atoms with Crippen molar-refractivity contribution in [3.05, 3.63) is 12.2 Å². The molecule has 2 bridgehead atoms. The standard InChI is InChI=1S/C23H36F2N2O5S/c1-14(2)18(26-19(29)32-20(3,4)5)23(24,25)11-9-17(28)27-16-12-15-8-10-22(16,21(15,6)7)13-33(27,30)31/h9,11,14-16,18H,8,10,12-13H2,1-7H3,(H,26,29)/b11-9+/t15-,16-,18+,22-/m1/s1. The third kappa shape index (κ3) is 4.39. The van der Waals surface area contributed by atoms with Crippen LogP contribution in [-0.2, 0) is 19.6 Å². The van der Waals surface area contributed by atoms with Crippen LogP contribution in [0.2, 0.25) is 0 Å². The average molecular weight is 491 g/mol. The lowest BCUT2D eigenvalue weighted by Gasteiger charge is -2.36. The Labute approximate surface area is 195 Å². The first kappa shape index (κ1) is 25.9. The highest BCUT2D eigenvalue weighted by Gasteiger charge is 2.72. The van der Waals surface area contributed by atoms with Crippen molar-refractivity contribution in [1.82, 2.24) is 9.62 Å². The van der Waals surface area contributed by atoms with E-state index in [1.54, 1.807) is 20.8 Å². The van der Waals surface area contributed by atoms with Gasteiger partial charge in [0.05, 0.1) is 11.8 Å². The fraction of sp³-hybridized carbons (Fsp3) is 0.826. The van der Waals surface area contributed by atoms with Gasteiger partial charge in [-0.3, -0.25) is 4.79 Å². The number of carbonyl (C=O) groups is 2. The number of nitrogens with one attached hydrogen (secondary N) is 1. The van der Waals surface area contributed by atoms with Gasteiger partial charge in [-0.05, 0) is 63.4 Å². The van der Waals surface area contributed by atoms with Crippen molar-refractivity contribution in [1.29, 1.82) is 0 Å². The number of hydrogen-bond donors (Lipinski definition) is 1. The first-order valence-electron chi connectivity index (χ1n) is 11.5. The van der Waals surface area contributed by atoms with Crippen LogP contribution in [0.25, 0.3) is 0 Å². The maximum absolute atomic E-state index is 15.0. The minimum Gasteiger partial charge on any atom is -0.444 e. The fourth-order valence-electron chi connectivity index (χ4n) is 6.08. The molecular formula is C23H36F2N2O5S. The highest BCUT2D eigenvalue weighted by Crippen LogP contribution is 2.69. The molecule has 2 saturated carbocycles. The van der Waals surface area contributed by atoms with Crippen LogP contribution in [0.4, 0.5) is 13.6 Å². The molecular weight excluding hydrogens is 454 g/mol. The number of amides is 2. The van der Waals surface area contributed by atoms with Gasteiger partial charge in [0, 0.05) is 11.5 Å². The van der Waals surface area contributed by atoms with Crippen molar-refractivity contribution in [2.75, 3.05) is 5.75 Å². The molecule has 2 aliphatic carbocycles. The monoisotopic (exact) mass is 490 g/mol. The lowest BCUT2D eigenvalue weighted by Crippen LogP contribution is -2.51. The lowest BCUT2D eigenvalue weighted by atomic mass is 9.69. The van der Waals surface area contributed by atoms with Crippen LogP contribution in [0.5, 0.6) is 0 Å². The second kappa shape index (κ2) is 7.92. The van der Waals surface area contributed by atoms with Crippen molar-refractivity contribution in [3.8, 4) is 0 Å². The van der Waals surface area contributed by atoms with Crippen LogP contribution in [0, 0.1) is 22.7 Å². The second-order valence-corrected chi connectivity index (χ2v) is 13.5. The van der Waals surface area contributed by atoms with Crippen LogP contribution in [0.1, 0.15) is 67.7 Å². The number of fused-ring (bicyclic) bond motifs is 1. The molecule has 4 atom stereocenters. The van der Waals surface area contributed by atoms with Crippen LogP contribution in [0.15, 0.2) is 12.2 Å². The number of alkyl carbamates (subject to hydrolysis) is 1. The maximum atomic E-state index is 15.0. The van der Waals surface area contributed by atoms with E-state index >= 15 is 8.78 Å². The van der Waals surface area contributed by atoms with E-state index in [1.807, 2.05) is 13.8 Å². The predicted molar refractivity (Wildman–Crippen MR) is 120 cm³/mol. The van der Waals surface area contributed by atoms with E-state index in [1.165, 1.54) is 13.8 Å². The fourth-order valence-corrected chi connectivity index (χ4v) is 8.59. The molecule has 10 heteroatoms. The summed E-state index contributed by atoms with van der Waals surface area (Å²) in [7, 11) is -3.91. The molecule has 1 heterocycles. The number of nitrogens with zero attached hydrogens (tertiary/aromatic N) is 1. The van der Waals surface area contributed by atoms with Gasteiger partial charge in [-0.2, -0.15) is 8.78 Å². The number of alkyl halides is 2. The molecule has 0 unspecified atom stereocenters. The summed E-state index contributed by atoms with van der Waals surface area (Å²) in [5.41, 5.74) is -1.62. The van der Waals surface area contributed by atoms with E-state index in [4.69, 9.17) is 4.74 Å². The Morgan fingerprint density at radius 1 is 1.21 bits per heavy atom. The third-order valence-electron chi connectivity index (χ3n) is 7.83. The van der Waals surface area contributed by atoms with Gasteiger partial charge >= 0.3 is 6.09 Å². The van der Waals surface area contributed by atoms with Gasteiger partial charge in [0.25, 0.3) is 11.8 Å². The van der Waals surface area contributed by atoms with Crippen LogP contribution in [-0.4, -0.2) is 54.1 Å². The molecule has 188 valence electrons. The number of hydrogen-bond acceptors (Lipinski definition) is 5. The molecule has 0 aromatic heterocycles. The Morgan fingerprint density at radius 3 is 2.33 bits per heavy atom. The Morgan fingerprint density at radius 2 is 1.82 bits per heavy atom. The summed E-state index contributed by atoms with van der Waals surface area (Å²) in [6.45, 7) is 12.0. The lowest BCUT2D eigenvalue weighted by molar-refractivity contribution is -0.124. The molecule has 2 amide bonds. The number of rotatable bonds is 5. The molecule has 7 nitrogen and oxygen atoms in total. The molecule has 1 aliphatic heterocycles. The number of halogens is 2. The largest absolute Gasteiger partial charge is 0.444 e. The first-order valence-corrected chi connectivity index (χ1v) is 13.1. The van der Waals surface area contributed by atoms with Gasteiger partial charge in [-0.15, -0.1) is 0 Å². The minimum absolute atomic E-state index is 0.126. The summed E-state index contributed by atoms with van der Waals surface area (Å²) in [5, 5.41) is 2.19. The topological polar surface area (TPSA) is 92.8 Å². The van der Waals surface area contributed by atoms with Crippen LogP contribution < -0.4 is 5.32 Å². The summed E-state index contributed by atoms with van der Waals surface area (Å²) in [5.74, 6) is -5.06. The van der Waals surface area contributed by atoms with Crippen molar-refractivity contribution in [2.45, 2.75) is 91.3 Å². The van der Waals surface area contributed by atoms with Gasteiger partial charge in [0.1, 0.15) is 11.6 Å². The molecule has 3 aliphatic rings. The first-order chi connectivity index (χ1) is 14.8. The van der Waals surface area contributed by atoms with Gasteiger partial charge in [-0.25, -0.2) is 17.5 Å². The summed E-state index contributed by atoms with van der Waals surface area (Å²) >= 11 is 0. The SMILES string of the molecule is CC(C)[C@H](NC(=O)OC(C)(C)C)C(F)(F)/C=C/C(=O)N1[C@@H]2C[C@H]3CC[C@]2(CS1(=O)=O)C3(C)C. The zero-order chi connectivity index (χ0) is 25.2. The van der Waals surface area contributed by atoms with E-state index in [-0.39, 0.29) is 11.2 Å². The van der Waals surface area contributed by atoms with E-state index in [2.05, 4.69) is 5.32 Å². The highest BCUT2D eigenvalue weighted by molar-refractivity contribution is 7.90. The van der Waals surface area contributed by atoms with Crippen LogP contribution >= 0.6 is 0 Å². The van der Waals surface area contributed by atoms with E-state index in [0.29, 0.717) is 30.9 Å². The highest BCUT2D eigenvalue weighted by atomic mass is 32.2. The molecule has 1 spiro atoms. The van der Waals surface area contributed by atoms with Crippen molar-refractivity contribution in [3.63, 3.8) is 0 Å². The number of carbonyl (C=O) groups excluding carboxylic acids is 2. The maximum Gasteiger partial charge on any atom is 0.408 e. The van der Waals surface area contributed by atoms with Gasteiger partial charge in [-0.1, -0.05) is 27.7 Å². The quantitative estimate of drug-likeness (QED) is 0.586. The van der Waals surface area contributed by atoms with Crippen molar-refractivity contribution >= 4 is 22.0 Å². The molecule has 3 rings (SSSR count). The van der Waals surface area contributed by atoms with E-state index in [0.717, 1.165) is 10.7 Å². The Balaban J connectivity index is 1.80. The molecule has 1 N–H and O–H groups in total. The van der Waals surface area contributed by atoms with Crippen molar-refractivity contribution < 1.29 is 31.5 Å². The van der Waals surface area contributed by atoms with E-state index in [9.17, 15) is 18.0 Å². The molecule has 33 heavy (non-hydrogen) atoms.